The summed E-state index contributed by atoms with van der Waals surface area (Å²) in [5, 5.41) is 3.49. The maximum atomic E-state index is 12.2. The van der Waals surface area contributed by atoms with E-state index in [-0.39, 0.29) is 11.6 Å². The fraction of sp³-hybridized carbons (Fsp3) is 0.0714. The number of hydrogen-bond acceptors (Lipinski definition) is 3. The van der Waals surface area contributed by atoms with Crippen molar-refractivity contribution in [3.63, 3.8) is 0 Å². The van der Waals surface area contributed by atoms with Crippen LogP contribution in [0, 0.1) is 0 Å². The number of carbonyl (C=O) groups excluding carboxylic acids is 1. The molecule has 0 heterocycles. The van der Waals surface area contributed by atoms with E-state index in [4.69, 9.17) is 33.7 Å². The van der Waals surface area contributed by atoms with Gasteiger partial charge in [-0.15, -0.1) is 0 Å². The first-order chi connectivity index (χ1) is 9.52. The summed E-state index contributed by atoms with van der Waals surface area (Å²) in [5.41, 5.74) is 7.02. The van der Waals surface area contributed by atoms with Gasteiger partial charge in [0.15, 0.2) is 0 Å². The van der Waals surface area contributed by atoms with Gasteiger partial charge < -0.3 is 15.8 Å². The van der Waals surface area contributed by atoms with Crippen LogP contribution in [-0.4, -0.2) is 13.0 Å². The first kappa shape index (κ1) is 14.5. The normalized spacial score (nSPS) is 10.2. The van der Waals surface area contributed by atoms with Crippen molar-refractivity contribution in [2.45, 2.75) is 0 Å². The van der Waals surface area contributed by atoms with E-state index < -0.39 is 0 Å². The minimum absolute atomic E-state index is 0.285. The minimum Gasteiger partial charge on any atom is -0.495 e. The molecular weight excluding hydrogens is 299 g/mol. The Balaban J connectivity index is 2.26. The third kappa shape index (κ3) is 2.98. The second kappa shape index (κ2) is 6.03. The molecule has 0 aliphatic heterocycles. The van der Waals surface area contributed by atoms with Crippen molar-refractivity contribution in [2.24, 2.45) is 0 Å². The lowest BCUT2D eigenvalue weighted by atomic mass is 10.1. The molecule has 0 saturated carbocycles. The second-order valence-electron chi connectivity index (χ2n) is 4.00. The van der Waals surface area contributed by atoms with E-state index in [1.54, 1.807) is 36.4 Å². The van der Waals surface area contributed by atoms with Gasteiger partial charge in [0.1, 0.15) is 5.75 Å². The quantitative estimate of drug-likeness (QED) is 0.847. The summed E-state index contributed by atoms with van der Waals surface area (Å²) >= 11 is 11.7. The molecule has 1 amide bonds. The lowest BCUT2D eigenvalue weighted by Crippen LogP contribution is -2.14. The third-order valence-corrected chi connectivity index (χ3v) is 3.45. The first-order valence-corrected chi connectivity index (χ1v) is 6.47. The van der Waals surface area contributed by atoms with E-state index in [1.165, 1.54) is 7.11 Å². The van der Waals surface area contributed by atoms with Crippen LogP contribution < -0.4 is 15.8 Å². The van der Waals surface area contributed by atoms with Crippen LogP contribution in [0.3, 0.4) is 0 Å². The molecule has 0 aliphatic rings. The van der Waals surface area contributed by atoms with Crippen LogP contribution in [0.5, 0.6) is 5.75 Å². The van der Waals surface area contributed by atoms with Gasteiger partial charge in [-0.3, -0.25) is 4.79 Å². The number of nitrogens with two attached hydrogens (primary N) is 1. The summed E-state index contributed by atoms with van der Waals surface area (Å²) in [4.78, 5) is 12.2. The first-order valence-electron chi connectivity index (χ1n) is 5.72. The van der Waals surface area contributed by atoms with Crippen LogP contribution in [0.15, 0.2) is 36.4 Å². The molecule has 0 atom stereocenters. The summed E-state index contributed by atoms with van der Waals surface area (Å²) in [5.74, 6) is 0.103. The van der Waals surface area contributed by atoms with Crippen LogP contribution in [0.2, 0.25) is 10.0 Å². The molecule has 0 unspecified atom stereocenters. The molecule has 0 radical (unpaired) electrons. The van der Waals surface area contributed by atoms with Gasteiger partial charge in [-0.25, -0.2) is 0 Å². The zero-order valence-electron chi connectivity index (χ0n) is 10.6. The van der Waals surface area contributed by atoms with E-state index >= 15 is 0 Å². The van der Waals surface area contributed by atoms with Gasteiger partial charge in [-0.05, 0) is 30.3 Å². The molecule has 3 N–H and O–H groups in total. The average Bonchev–Trinajstić information content (AvgIpc) is 2.43. The van der Waals surface area contributed by atoms with Gasteiger partial charge >= 0.3 is 0 Å². The van der Waals surface area contributed by atoms with Crippen molar-refractivity contribution in [3.05, 3.63) is 52.0 Å². The lowest BCUT2D eigenvalue weighted by Gasteiger charge is -2.10. The van der Waals surface area contributed by atoms with Crippen molar-refractivity contribution in [2.75, 3.05) is 18.2 Å². The number of carbonyl (C=O) groups is 1. The monoisotopic (exact) mass is 310 g/mol. The van der Waals surface area contributed by atoms with Crippen molar-refractivity contribution in [1.29, 1.82) is 0 Å². The van der Waals surface area contributed by atoms with Gasteiger partial charge in [-0.1, -0.05) is 29.3 Å². The molecule has 0 aromatic heterocycles. The van der Waals surface area contributed by atoms with Crippen LogP contribution >= 0.6 is 23.2 Å². The van der Waals surface area contributed by atoms with Crippen molar-refractivity contribution < 1.29 is 9.53 Å². The van der Waals surface area contributed by atoms with Crippen LogP contribution in [0.1, 0.15) is 10.4 Å². The zero-order chi connectivity index (χ0) is 14.7. The topological polar surface area (TPSA) is 64.3 Å². The van der Waals surface area contributed by atoms with Gasteiger partial charge in [0.2, 0.25) is 0 Å². The summed E-state index contributed by atoms with van der Waals surface area (Å²) in [6.45, 7) is 0. The number of anilines is 2. The Bertz CT molecular complexity index is 660. The summed E-state index contributed by atoms with van der Waals surface area (Å²) in [6.07, 6.45) is 0. The number of hydrogen-bond donors (Lipinski definition) is 2. The zero-order valence-corrected chi connectivity index (χ0v) is 12.1. The van der Waals surface area contributed by atoms with Gasteiger partial charge in [0.25, 0.3) is 5.91 Å². The summed E-state index contributed by atoms with van der Waals surface area (Å²) in [6, 6.07) is 9.82. The van der Waals surface area contributed by atoms with E-state index in [0.29, 0.717) is 27.0 Å². The van der Waals surface area contributed by atoms with Crippen molar-refractivity contribution in [3.8, 4) is 5.75 Å². The highest BCUT2D eigenvalue weighted by Gasteiger charge is 2.13. The number of benzene rings is 2. The second-order valence-corrected chi connectivity index (χ2v) is 4.82. The maximum Gasteiger partial charge on any atom is 0.257 e. The largest absolute Gasteiger partial charge is 0.495 e. The van der Waals surface area contributed by atoms with Gasteiger partial charge in [0, 0.05) is 5.69 Å². The molecule has 104 valence electrons. The number of rotatable bonds is 3. The Morgan fingerprint density at radius 2 is 1.95 bits per heavy atom. The Labute approximate surface area is 126 Å². The number of halogens is 2. The lowest BCUT2D eigenvalue weighted by molar-refractivity contribution is 0.102. The average molecular weight is 311 g/mol. The van der Waals surface area contributed by atoms with Crippen LogP contribution in [-0.2, 0) is 0 Å². The molecule has 0 spiro atoms. The van der Waals surface area contributed by atoms with Gasteiger partial charge in [0.05, 0.1) is 28.4 Å². The third-order valence-electron chi connectivity index (χ3n) is 2.71. The van der Waals surface area contributed by atoms with E-state index in [0.717, 1.165) is 0 Å². The van der Waals surface area contributed by atoms with Gasteiger partial charge in [-0.2, -0.15) is 0 Å². The summed E-state index contributed by atoms with van der Waals surface area (Å²) < 4.78 is 5.08. The number of methoxy groups -OCH3 is 1. The highest BCUT2D eigenvalue weighted by molar-refractivity contribution is 6.42. The van der Waals surface area contributed by atoms with Crippen LogP contribution in [0.25, 0.3) is 0 Å². The maximum absolute atomic E-state index is 12.2. The van der Waals surface area contributed by atoms with E-state index in [9.17, 15) is 4.79 Å². The molecule has 0 saturated heterocycles. The van der Waals surface area contributed by atoms with Crippen molar-refractivity contribution >= 4 is 40.5 Å². The SMILES string of the molecule is COc1cccc(C(=O)Nc2ccc(Cl)c(Cl)c2)c1N. The Morgan fingerprint density at radius 1 is 1.20 bits per heavy atom. The Kier molecular flexibility index (Phi) is 4.37. The number of para-hydroxylation sites is 1. The molecule has 20 heavy (non-hydrogen) atoms. The fourth-order valence-electron chi connectivity index (χ4n) is 1.69. The highest BCUT2D eigenvalue weighted by Crippen LogP contribution is 2.27. The van der Waals surface area contributed by atoms with E-state index in [2.05, 4.69) is 5.32 Å². The predicted molar refractivity (Wildman–Crippen MR) is 81.8 cm³/mol. The number of amides is 1. The standard InChI is InChI=1S/C14H12Cl2N2O2/c1-20-12-4-2-3-9(13(12)17)14(19)18-8-5-6-10(15)11(16)7-8/h2-7H,17H2,1H3,(H,18,19). The molecule has 0 aliphatic carbocycles. The van der Waals surface area contributed by atoms with E-state index in [1.807, 2.05) is 0 Å². The smallest absolute Gasteiger partial charge is 0.257 e. The molecule has 2 rings (SSSR count). The number of ether oxygens (including phenoxy) is 1. The Morgan fingerprint density at radius 3 is 2.60 bits per heavy atom. The molecule has 2 aromatic carbocycles. The molecule has 6 heteroatoms. The fourth-order valence-corrected chi connectivity index (χ4v) is 1.99. The molecule has 0 bridgehead atoms. The van der Waals surface area contributed by atoms with Crippen LogP contribution in [0.4, 0.5) is 11.4 Å². The molecule has 0 fully saturated rings. The van der Waals surface area contributed by atoms with Crippen molar-refractivity contribution in [1.82, 2.24) is 0 Å². The Hall–Kier alpha value is -1.91. The highest BCUT2D eigenvalue weighted by atomic mass is 35.5. The molecule has 4 nitrogen and oxygen atoms in total. The predicted octanol–water partition coefficient (Wildman–Crippen LogP) is 3.84. The molecule has 2 aromatic rings. The number of nitrogen functional groups attached to an aromatic ring is 1. The minimum atomic E-state index is -0.347. The summed E-state index contributed by atoms with van der Waals surface area (Å²) in [7, 11) is 1.49. The molecular formula is C14H12Cl2N2O2. The number of nitrogens with one attached hydrogen (secondary N) is 1.